The highest BCUT2D eigenvalue weighted by Gasteiger charge is 2.41. The number of fused-ring (bicyclic) bond motifs is 1. The summed E-state index contributed by atoms with van der Waals surface area (Å²) in [6, 6.07) is 6.91. The van der Waals surface area contributed by atoms with E-state index in [2.05, 4.69) is 52.1 Å². The predicted octanol–water partition coefficient (Wildman–Crippen LogP) is 5.57. The van der Waals surface area contributed by atoms with Crippen molar-refractivity contribution in [2.75, 3.05) is 0 Å². The number of hydrogen-bond acceptors (Lipinski definition) is 1. The highest BCUT2D eigenvalue weighted by molar-refractivity contribution is 6.74. The topological polar surface area (TPSA) is 9.23 Å². The van der Waals surface area contributed by atoms with E-state index in [1.807, 2.05) is 0 Å². The Morgan fingerprint density at radius 1 is 1.05 bits per heavy atom. The summed E-state index contributed by atoms with van der Waals surface area (Å²) in [5, 5.41) is 0.295. The molecule has 1 fully saturated rings. The van der Waals surface area contributed by atoms with Gasteiger partial charge in [-0.15, -0.1) is 0 Å². The third-order valence-corrected chi connectivity index (χ3v) is 10.00. The van der Waals surface area contributed by atoms with Crippen LogP contribution < -0.4 is 0 Å². The Bertz CT molecular complexity index is 509. The molecular formula is C18H28OSi. The van der Waals surface area contributed by atoms with Gasteiger partial charge in [0.25, 0.3) is 0 Å². The fourth-order valence-electron chi connectivity index (χ4n) is 3.08. The SMILES string of the molecule is CC(C)(C)[Si](C)(C)O[C@H]1CCc2c(C3CC3)cccc21. The van der Waals surface area contributed by atoms with Gasteiger partial charge in [0.1, 0.15) is 0 Å². The van der Waals surface area contributed by atoms with E-state index in [0.29, 0.717) is 11.1 Å². The quantitative estimate of drug-likeness (QED) is 0.660. The van der Waals surface area contributed by atoms with Crippen molar-refractivity contribution in [3.63, 3.8) is 0 Å². The van der Waals surface area contributed by atoms with Crippen LogP contribution in [0.2, 0.25) is 18.1 Å². The first-order valence-electron chi connectivity index (χ1n) is 8.09. The molecule has 0 radical (unpaired) electrons. The zero-order valence-corrected chi connectivity index (χ0v) is 14.6. The normalized spacial score (nSPS) is 22.9. The zero-order valence-electron chi connectivity index (χ0n) is 13.6. The van der Waals surface area contributed by atoms with Crippen molar-refractivity contribution in [1.29, 1.82) is 0 Å². The van der Waals surface area contributed by atoms with Crippen LogP contribution in [-0.4, -0.2) is 8.32 Å². The molecule has 1 saturated carbocycles. The first-order chi connectivity index (χ1) is 9.29. The molecule has 0 amide bonds. The lowest BCUT2D eigenvalue weighted by Gasteiger charge is -2.38. The van der Waals surface area contributed by atoms with Gasteiger partial charge in [-0.3, -0.25) is 0 Å². The van der Waals surface area contributed by atoms with Crippen LogP contribution in [-0.2, 0) is 10.8 Å². The summed E-state index contributed by atoms with van der Waals surface area (Å²) in [6.45, 7) is 11.7. The molecule has 0 saturated heterocycles. The molecule has 20 heavy (non-hydrogen) atoms. The van der Waals surface area contributed by atoms with E-state index >= 15 is 0 Å². The molecule has 0 bridgehead atoms. The summed E-state index contributed by atoms with van der Waals surface area (Å²) in [5.74, 6) is 0.858. The van der Waals surface area contributed by atoms with Gasteiger partial charge in [-0.25, -0.2) is 0 Å². The molecule has 0 N–H and O–H groups in total. The van der Waals surface area contributed by atoms with Crippen molar-refractivity contribution >= 4 is 8.32 Å². The summed E-state index contributed by atoms with van der Waals surface area (Å²) < 4.78 is 6.68. The largest absolute Gasteiger partial charge is 0.410 e. The molecule has 1 atom stereocenters. The van der Waals surface area contributed by atoms with Crippen LogP contribution in [0.1, 0.15) is 68.7 Å². The molecule has 2 aliphatic rings. The van der Waals surface area contributed by atoms with Crippen LogP contribution in [0.15, 0.2) is 18.2 Å². The van der Waals surface area contributed by atoms with E-state index in [-0.39, 0.29) is 0 Å². The minimum absolute atomic E-state index is 0.295. The molecular weight excluding hydrogens is 260 g/mol. The molecule has 0 aromatic heterocycles. The number of hydrogen-bond donors (Lipinski definition) is 0. The van der Waals surface area contributed by atoms with E-state index in [4.69, 9.17) is 4.43 Å². The van der Waals surface area contributed by atoms with Gasteiger partial charge >= 0.3 is 0 Å². The van der Waals surface area contributed by atoms with Crippen LogP contribution in [0.3, 0.4) is 0 Å². The minimum atomic E-state index is -1.67. The van der Waals surface area contributed by atoms with E-state index in [1.165, 1.54) is 31.2 Å². The molecule has 3 rings (SSSR count). The summed E-state index contributed by atoms with van der Waals surface area (Å²) in [5.41, 5.74) is 4.75. The Balaban J connectivity index is 1.85. The zero-order chi connectivity index (χ0) is 14.5. The van der Waals surface area contributed by atoms with Crippen molar-refractivity contribution in [3.8, 4) is 0 Å². The van der Waals surface area contributed by atoms with Crippen molar-refractivity contribution in [3.05, 3.63) is 34.9 Å². The maximum Gasteiger partial charge on any atom is 0.192 e. The lowest BCUT2D eigenvalue weighted by molar-refractivity contribution is 0.185. The molecule has 2 heteroatoms. The van der Waals surface area contributed by atoms with E-state index < -0.39 is 8.32 Å². The first-order valence-corrected chi connectivity index (χ1v) is 11.0. The molecule has 1 aromatic carbocycles. The average molecular weight is 289 g/mol. The fourth-order valence-corrected chi connectivity index (χ4v) is 4.39. The highest BCUT2D eigenvalue weighted by Crippen LogP contribution is 2.48. The standard InChI is InChI=1S/C18H28OSi/c1-18(2,3)20(4,5)19-17-12-11-15-14(13-9-10-13)7-6-8-16(15)17/h6-8,13,17H,9-12H2,1-5H3/t17-/m0/s1. The van der Waals surface area contributed by atoms with Gasteiger partial charge in [0.05, 0.1) is 6.10 Å². The maximum atomic E-state index is 6.68. The van der Waals surface area contributed by atoms with Gasteiger partial charge in [0.2, 0.25) is 0 Å². The summed E-state index contributed by atoms with van der Waals surface area (Å²) in [7, 11) is -1.67. The van der Waals surface area contributed by atoms with Crippen LogP contribution in [0.4, 0.5) is 0 Å². The van der Waals surface area contributed by atoms with Gasteiger partial charge in [-0.1, -0.05) is 39.0 Å². The van der Waals surface area contributed by atoms with Gasteiger partial charge in [0, 0.05) is 0 Å². The molecule has 0 heterocycles. The van der Waals surface area contributed by atoms with Crippen molar-refractivity contribution in [1.82, 2.24) is 0 Å². The van der Waals surface area contributed by atoms with Crippen molar-refractivity contribution < 1.29 is 4.43 Å². The Hall–Kier alpha value is -0.603. The average Bonchev–Trinajstić information content (AvgIpc) is 3.11. The molecule has 2 aliphatic carbocycles. The fraction of sp³-hybridized carbons (Fsp3) is 0.667. The van der Waals surface area contributed by atoms with Gasteiger partial charge < -0.3 is 4.43 Å². The Labute approximate surface area is 124 Å². The number of benzene rings is 1. The van der Waals surface area contributed by atoms with Gasteiger partial charge in [0.15, 0.2) is 8.32 Å². The van der Waals surface area contributed by atoms with E-state index in [9.17, 15) is 0 Å². The molecule has 0 aliphatic heterocycles. The van der Waals surface area contributed by atoms with E-state index in [1.54, 1.807) is 11.1 Å². The summed E-state index contributed by atoms with van der Waals surface area (Å²) in [6.07, 6.45) is 5.55. The van der Waals surface area contributed by atoms with Gasteiger partial charge in [-0.05, 0) is 66.4 Å². The predicted molar refractivity (Wildman–Crippen MR) is 87.8 cm³/mol. The molecule has 110 valence electrons. The lowest BCUT2D eigenvalue weighted by atomic mass is 9.99. The van der Waals surface area contributed by atoms with E-state index in [0.717, 1.165) is 5.92 Å². The summed E-state index contributed by atoms with van der Waals surface area (Å²) >= 11 is 0. The Morgan fingerprint density at radius 3 is 2.30 bits per heavy atom. The van der Waals surface area contributed by atoms with Crippen LogP contribution in [0.25, 0.3) is 0 Å². The van der Waals surface area contributed by atoms with Gasteiger partial charge in [-0.2, -0.15) is 0 Å². The van der Waals surface area contributed by atoms with Crippen LogP contribution in [0, 0.1) is 0 Å². The van der Waals surface area contributed by atoms with Crippen LogP contribution >= 0.6 is 0 Å². The third kappa shape index (κ3) is 2.48. The molecule has 0 unspecified atom stereocenters. The smallest absolute Gasteiger partial charge is 0.192 e. The highest BCUT2D eigenvalue weighted by atomic mass is 28.4. The molecule has 0 spiro atoms. The lowest BCUT2D eigenvalue weighted by Crippen LogP contribution is -2.41. The second-order valence-electron chi connectivity index (χ2n) is 8.09. The monoisotopic (exact) mass is 288 g/mol. The second-order valence-corrected chi connectivity index (χ2v) is 12.9. The number of rotatable bonds is 3. The third-order valence-electron chi connectivity index (χ3n) is 5.51. The Kier molecular flexibility index (Phi) is 3.37. The summed E-state index contributed by atoms with van der Waals surface area (Å²) in [4.78, 5) is 0. The van der Waals surface area contributed by atoms with Crippen LogP contribution in [0.5, 0.6) is 0 Å². The molecule has 1 nitrogen and oxygen atoms in total. The molecule has 1 aromatic rings. The second kappa shape index (κ2) is 4.71. The van der Waals surface area contributed by atoms with Crippen molar-refractivity contribution in [2.45, 2.75) is 76.6 Å². The Morgan fingerprint density at radius 2 is 1.70 bits per heavy atom. The van der Waals surface area contributed by atoms with Crippen molar-refractivity contribution in [2.24, 2.45) is 0 Å². The maximum absolute atomic E-state index is 6.68. The first kappa shape index (κ1) is 14.3. The minimum Gasteiger partial charge on any atom is -0.410 e.